The Balaban J connectivity index is 1.34. The van der Waals surface area contributed by atoms with Gasteiger partial charge in [-0.25, -0.2) is 26.7 Å². The number of ether oxygens (including phenoxy) is 3. The number of esters is 1. The average Bonchev–Trinajstić information content (AvgIpc) is 2.95. The number of carbonyl (C=O) groups is 1. The van der Waals surface area contributed by atoms with Crippen molar-refractivity contribution in [2.75, 3.05) is 26.4 Å². The lowest BCUT2D eigenvalue weighted by atomic mass is 9.76. The first-order chi connectivity index (χ1) is 20.0. The Morgan fingerprint density at radius 3 is 2.07 bits per heavy atom. The third kappa shape index (κ3) is 7.42. The minimum Gasteiger partial charge on any atom is -0.493 e. The van der Waals surface area contributed by atoms with Crippen LogP contribution in [0.4, 0.5) is 30.7 Å². The van der Waals surface area contributed by atoms with Crippen LogP contribution in [0.5, 0.6) is 11.5 Å². The zero-order valence-electron chi connectivity index (χ0n) is 21.7. The minimum absolute atomic E-state index is 0.0749. The predicted octanol–water partition coefficient (Wildman–Crippen LogP) is 5.53. The van der Waals surface area contributed by atoms with E-state index in [2.05, 4.69) is 11.3 Å². The van der Waals surface area contributed by atoms with Crippen LogP contribution in [0.15, 0.2) is 61.2 Å². The maximum atomic E-state index is 14.7. The van der Waals surface area contributed by atoms with Gasteiger partial charge >= 0.3 is 19.2 Å². The van der Waals surface area contributed by atoms with Gasteiger partial charge in [-0.1, -0.05) is 18.7 Å². The van der Waals surface area contributed by atoms with Crippen LogP contribution in [0, 0.1) is 29.1 Å². The lowest BCUT2D eigenvalue weighted by Crippen LogP contribution is -2.44. The fourth-order valence-electron chi connectivity index (χ4n) is 4.00. The Morgan fingerprint density at radius 2 is 1.50 bits per heavy atom. The molecule has 0 radical (unpaired) electrons. The van der Waals surface area contributed by atoms with Crippen molar-refractivity contribution >= 4 is 18.6 Å². The second kappa shape index (κ2) is 13.3. The molecule has 4 rings (SSSR count). The highest BCUT2D eigenvalue weighted by atomic mass is 19.3. The molecule has 1 heterocycles. The molecule has 0 N–H and O–H groups in total. The van der Waals surface area contributed by atoms with Gasteiger partial charge in [0.15, 0.2) is 17.5 Å². The topological polar surface area (TPSA) is 63.2 Å². The second-order valence-electron chi connectivity index (χ2n) is 9.02. The van der Waals surface area contributed by atoms with Gasteiger partial charge in [0.1, 0.15) is 28.7 Å². The van der Waals surface area contributed by atoms with E-state index in [4.69, 9.17) is 18.8 Å². The number of rotatable bonds is 11. The van der Waals surface area contributed by atoms with Gasteiger partial charge in [-0.3, -0.25) is 0 Å². The fourth-order valence-corrected chi connectivity index (χ4v) is 4.00. The number of carbonyl (C=O) groups excluding carboxylic acids is 1. The highest BCUT2D eigenvalue weighted by Crippen LogP contribution is 2.36. The quantitative estimate of drug-likeness (QED) is 0.0723. The molecule has 222 valence electrons. The molecule has 1 aliphatic rings. The first-order valence-corrected chi connectivity index (χ1v) is 12.4. The van der Waals surface area contributed by atoms with E-state index in [1.807, 2.05) is 0 Å². The second-order valence-corrected chi connectivity index (χ2v) is 9.02. The van der Waals surface area contributed by atoms with Crippen LogP contribution >= 0.6 is 0 Å². The number of halogens is 7. The molecule has 0 saturated carbocycles. The summed E-state index contributed by atoms with van der Waals surface area (Å²) in [5.74, 6) is -10.4. The van der Waals surface area contributed by atoms with Gasteiger partial charge in [-0.2, -0.15) is 8.78 Å². The van der Waals surface area contributed by atoms with Gasteiger partial charge in [0.05, 0.1) is 13.2 Å². The fraction of sp³-hybridized carbons (Fsp3) is 0.250. The van der Waals surface area contributed by atoms with Crippen LogP contribution in [-0.4, -0.2) is 39.5 Å². The normalized spacial score (nSPS) is 14.0. The standard InChI is InChI=1S/C28H22BF7O6/c1-2-25(37)39-9-3-8-38-19-6-4-16(5-7-19)17-14-40-29(41-15-17)18-10-21(30)26(22(31)11-18)28(35,36)42-20-12-23(32)27(34)24(33)13-20/h2,4-7,10-13,17H,1,3,8-9,14-15H2. The smallest absolute Gasteiger partial charge is 0.493 e. The molecule has 42 heavy (non-hydrogen) atoms. The summed E-state index contributed by atoms with van der Waals surface area (Å²) in [6, 6.07) is 8.36. The van der Waals surface area contributed by atoms with E-state index < -0.39 is 59.6 Å². The molecule has 0 amide bonds. The molecular formula is C28H22BF7O6. The number of benzene rings is 3. The summed E-state index contributed by atoms with van der Waals surface area (Å²) < 4.78 is 124. The van der Waals surface area contributed by atoms with Gasteiger partial charge in [0.2, 0.25) is 0 Å². The third-order valence-corrected chi connectivity index (χ3v) is 6.05. The molecule has 14 heteroatoms. The largest absolute Gasteiger partial charge is 0.494 e. The van der Waals surface area contributed by atoms with Gasteiger partial charge in [0.25, 0.3) is 0 Å². The summed E-state index contributed by atoms with van der Waals surface area (Å²) in [4.78, 5) is 11.0. The lowest BCUT2D eigenvalue weighted by molar-refractivity contribution is -0.189. The summed E-state index contributed by atoms with van der Waals surface area (Å²) in [6.45, 7) is 3.95. The van der Waals surface area contributed by atoms with Crippen molar-refractivity contribution in [1.29, 1.82) is 0 Å². The molecule has 0 spiro atoms. The SMILES string of the molecule is C=CC(=O)OCCCOc1ccc(C2COB(c3cc(F)c(C(F)(F)Oc4cc(F)c(F)c(F)c4)c(F)c3)OC2)cc1. The molecule has 6 nitrogen and oxygen atoms in total. The third-order valence-electron chi connectivity index (χ3n) is 6.05. The summed E-state index contributed by atoms with van der Waals surface area (Å²) >= 11 is 0. The van der Waals surface area contributed by atoms with E-state index in [1.165, 1.54) is 0 Å². The van der Waals surface area contributed by atoms with Crippen molar-refractivity contribution in [3.8, 4) is 11.5 Å². The van der Waals surface area contributed by atoms with Gasteiger partial charge < -0.3 is 23.5 Å². The van der Waals surface area contributed by atoms with Crippen LogP contribution in [-0.2, 0) is 24.9 Å². The maximum Gasteiger partial charge on any atom is 0.494 e. The van der Waals surface area contributed by atoms with Crippen LogP contribution in [0.1, 0.15) is 23.5 Å². The highest BCUT2D eigenvalue weighted by molar-refractivity contribution is 6.61. The van der Waals surface area contributed by atoms with Crippen LogP contribution in [0.2, 0.25) is 0 Å². The number of alkyl halides is 2. The van der Waals surface area contributed by atoms with E-state index in [0.717, 1.165) is 11.6 Å². The molecule has 1 aliphatic heterocycles. The van der Waals surface area contributed by atoms with Crippen molar-refractivity contribution in [3.05, 3.63) is 101 Å². The van der Waals surface area contributed by atoms with Crippen LogP contribution < -0.4 is 14.9 Å². The lowest BCUT2D eigenvalue weighted by Gasteiger charge is -2.28. The maximum absolute atomic E-state index is 14.7. The first kappa shape index (κ1) is 30.9. The monoisotopic (exact) mass is 598 g/mol. The molecule has 3 aromatic carbocycles. The average molecular weight is 598 g/mol. The zero-order chi connectivity index (χ0) is 30.4. The van der Waals surface area contributed by atoms with Gasteiger partial charge in [0, 0.05) is 43.8 Å². The summed E-state index contributed by atoms with van der Waals surface area (Å²) in [5.41, 5.74) is -1.24. The van der Waals surface area contributed by atoms with Crippen molar-refractivity contribution < 1.29 is 59.0 Å². The number of hydrogen-bond acceptors (Lipinski definition) is 6. The Labute approximate surface area is 235 Å². The van der Waals surface area contributed by atoms with E-state index in [9.17, 15) is 35.5 Å². The molecule has 0 aromatic heterocycles. The molecule has 0 unspecified atom stereocenters. The van der Waals surface area contributed by atoms with Crippen molar-refractivity contribution in [2.24, 2.45) is 0 Å². The van der Waals surface area contributed by atoms with E-state index in [0.29, 0.717) is 30.9 Å². The predicted molar refractivity (Wildman–Crippen MR) is 135 cm³/mol. The Kier molecular flexibility index (Phi) is 9.79. The molecular weight excluding hydrogens is 576 g/mol. The molecule has 1 fully saturated rings. The van der Waals surface area contributed by atoms with Crippen LogP contribution in [0.25, 0.3) is 0 Å². The summed E-state index contributed by atoms with van der Waals surface area (Å²) in [5, 5.41) is 0. The van der Waals surface area contributed by atoms with E-state index in [1.54, 1.807) is 24.3 Å². The molecule has 0 aliphatic carbocycles. The molecule has 1 saturated heterocycles. The Bertz CT molecular complexity index is 1380. The highest BCUT2D eigenvalue weighted by Gasteiger charge is 2.43. The Morgan fingerprint density at radius 1 is 0.905 bits per heavy atom. The molecule has 0 atom stereocenters. The van der Waals surface area contributed by atoms with Gasteiger partial charge in [-0.05, 0) is 35.3 Å². The summed E-state index contributed by atoms with van der Waals surface area (Å²) in [6.07, 6.45) is -3.16. The number of hydrogen-bond donors (Lipinski definition) is 0. The van der Waals surface area contributed by atoms with E-state index >= 15 is 0 Å². The summed E-state index contributed by atoms with van der Waals surface area (Å²) in [7, 11) is -1.27. The van der Waals surface area contributed by atoms with Crippen LogP contribution in [0.3, 0.4) is 0 Å². The zero-order valence-corrected chi connectivity index (χ0v) is 21.7. The minimum atomic E-state index is -4.71. The van der Waals surface area contributed by atoms with Crippen molar-refractivity contribution in [3.63, 3.8) is 0 Å². The molecule has 0 bridgehead atoms. The van der Waals surface area contributed by atoms with Crippen molar-refractivity contribution in [2.45, 2.75) is 18.4 Å². The van der Waals surface area contributed by atoms with Gasteiger partial charge in [-0.15, -0.1) is 0 Å². The van der Waals surface area contributed by atoms with E-state index in [-0.39, 0.29) is 43.3 Å². The van der Waals surface area contributed by atoms with Crippen molar-refractivity contribution in [1.82, 2.24) is 0 Å². The Hall–Kier alpha value is -4.04. The molecule has 3 aromatic rings. The first-order valence-electron chi connectivity index (χ1n) is 12.4.